The summed E-state index contributed by atoms with van der Waals surface area (Å²) in [6, 6.07) is 5.75. The topological polar surface area (TPSA) is 46.1 Å². The van der Waals surface area contributed by atoms with Gasteiger partial charge in [0.2, 0.25) is 5.91 Å². The van der Waals surface area contributed by atoms with Crippen molar-refractivity contribution >= 4 is 29.0 Å². The van der Waals surface area contributed by atoms with Gasteiger partial charge >= 0.3 is 0 Å². The molecule has 0 saturated heterocycles. The molecule has 0 unspecified atom stereocenters. The number of pyridine rings is 1. The van der Waals surface area contributed by atoms with Crippen molar-refractivity contribution in [3.63, 3.8) is 0 Å². The van der Waals surface area contributed by atoms with Crippen molar-refractivity contribution < 1.29 is 4.79 Å². The average Bonchev–Trinajstić information content (AvgIpc) is 2.89. The molecule has 4 nitrogen and oxygen atoms in total. The van der Waals surface area contributed by atoms with Crippen LogP contribution in [0.2, 0.25) is 0 Å². The normalized spacial score (nSPS) is 10.5. The lowest BCUT2D eigenvalue weighted by Gasteiger charge is -2.20. The van der Waals surface area contributed by atoms with E-state index in [9.17, 15) is 4.79 Å². The largest absolute Gasteiger partial charge is 0.336 e. The molecule has 0 bridgehead atoms. The van der Waals surface area contributed by atoms with Crippen LogP contribution in [0.1, 0.15) is 18.3 Å². The Morgan fingerprint density at radius 2 is 2.30 bits per heavy atom. The molecule has 2 aromatic heterocycles. The maximum absolute atomic E-state index is 12.2. The Balaban J connectivity index is 1.89. The standard InChI is InChI=1S/C14H17N3OS2/c1-3-17(8-12-6-4-5-7-15-12)13(18)10-20-14-16-11(2)9-19-14/h4-7,9H,3,8,10H2,1-2H3. The van der Waals surface area contributed by atoms with Gasteiger partial charge < -0.3 is 4.90 Å². The smallest absolute Gasteiger partial charge is 0.233 e. The first-order chi connectivity index (χ1) is 9.69. The number of carbonyl (C=O) groups is 1. The number of amides is 1. The summed E-state index contributed by atoms with van der Waals surface area (Å²) in [5.41, 5.74) is 1.92. The zero-order valence-corrected chi connectivity index (χ0v) is 13.2. The lowest BCUT2D eigenvalue weighted by molar-refractivity contribution is -0.128. The third-order valence-corrected chi connectivity index (χ3v) is 4.85. The predicted molar refractivity (Wildman–Crippen MR) is 82.9 cm³/mol. The maximum Gasteiger partial charge on any atom is 0.233 e. The fourth-order valence-electron chi connectivity index (χ4n) is 1.68. The van der Waals surface area contributed by atoms with Crippen LogP contribution in [-0.4, -0.2) is 33.1 Å². The van der Waals surface area contributed by atoms with E-state index in [0.717, 1.165) is 15.7 Å². The summed E-state index contributed by atoms with van der Waals surface area (Å²) in [6.07, 6.45) is 1.75. The second kappa shape index (κ2) is 7.40. The van der Waals surface area contributed by atoms with Gasteiger partial charge in [0.05, 0.1) is 18.0 Å². The van der Waals surface area contributed by atoms with Crippen LogP contribution in [0.15, 0.2) is 34.1 Å². The van der Waals surface area contributed by atoms with Crippen molar-refractivity contribution in [1.29, 1.82) is 0 Å². The van der Waals surface area contributed by atoms with Gasteiger partial charge in [0.1, 0.15) is 0 Å². The van der Waals surface area contributed by atoms with Crippen LogP contribution in [0.4, 0.5) is 0 Å². The molecule has 0 aliphatic heterocycles. The molecule has 2 heterocycles. The van der Waals surface area contributed by atoms with Gasteiger partial charge in [-0.15, -0.1) is 11.3 Å². The van der Waals surface area contributed by atoms with Gasteiger partial charge in [-0.25, -0.2) is 4.98 Å². The van der Waals surface area contributed by atoms with Gasteiger partial charge in [0.15, 0.2) is 4.34 Å². The molecular weight excluding hydrogens is 290 g/mol. The minimum atomic E-state index is 0.121. The highest BCUT2D eigenvalue weighted by atomic mass is 32.2. The maximum atomic E-state index is 12.2. The summed E-state index contributed by atoms with van der Waals surface area (Å²) in [5, 5.41) is 2.00. The van der Waals surface area contributed by atoms with E-state index in [0.29, 0.717) is 18.8 Å². The van der Waals surface area contributed by atoms with Crippen molar-refractivity contribution in [1.82, 2.24) is 14.9 Å². The molecule has 2 rings (SSSR count). The molecule has 0 radical (unpaired) electrons. The Morgan fingerprint density at radius 1 is 1.45 bits per heavy atom. The van der Waals surface area contributed by atoms with E-state index < -0.39 is 0 Å². The number of nitrogens with zero attached hydrogens (tertiary/aromatic N) is 3. The van der Waals surface area contributed by atoms with E-state index in [-0.39, 0.29) is 5.91 Å². The fraction of sp³-hybridized carbons (Fsp3) is 0.357. The van der Waals surface area contributed by atoms with Crippen molar-refractivity contribution in [3.8, 4) is 0 Å². The Morgan fingerprint density at radius 3 is 2.90 bits per heavy atom. The second-order valence-electron chi connectivity index (χ2n) is 4.27. The summed E-state index contributed by atoms with van der Waals surface area (Å²) in [5.74, 6) is 0.546. The zero-order chi connectivity index (χ0) is 14.4. The Hall–Kier alpha value is -1.40. The van der Waals surface area contributed by atoms with Crippen LogP contribution in [-0.2, 0) is 11.3 Å². The van der Waals surface area contributed by atoms with E-state index in [2.05, 4.69) is 9.97 Å². The van der Waals surface area contributed by atoms with Crippen molar-refractivity contribution in [3.05, 3.63) is 41.2 Å². The van der Waals surface area contributed by atoms with Crippen molar-refractivity contribution in [2.24, 2.45) is 0 Å². The molecule has 0 aliphatic carbocycles. The number of hydrogen-bond donors (Lipinski definition) is 0. The molecule has 0 aromatic carbocycles. The lowest BCUT2D eigenvalue weighted by atomic mass is 10.3. The number of aromatic nitrogens is 2. The monoisotopic (exact) mass is 307 g/mol. The van der Waals surface area contributed by atoms with Crippen LogP contribution < -0.4 is 0 Å². The van der Waals surface area contributed by atoms with Crippen LogP contribution in [0.25, 0.3) is 0 Å². The van der Waals surface area contributed by atoms with Gasteiger partial charge in [0.25, 0.3) is 0 Å². The molecule has 1 amide bonds. The SMILES string of the molecule is CCN(Cc1ccccn1)C(=O)CSc1nc(C)cs1. The molecule has 106 valence electrons. The molecule has 2 aromatic rings. The minimum Gasteiger partial charge on any atom is -0.336 e. The number of thioether (sulfide) groups is 1. The lowest BCUT2D eigenvalue weighted by Crippen LogP contribution is -2.32. The third kappa shape index (κ3) is 4.31. The molecule has 0 fully saturated rings. The Kier molecular flexibility index (Phi) is 5.55. The summed E-state index contributed by atoms with van der Waals surface area (Å²) in [4.78, 5) is 22.6. The molecule has 20 heavy (non-hydrogen) atoms. The van der Waals surface area contributed by atoms with Crippen LogP contribution >= 0.6 is 23.1 Å². The molecular formula is C14H17N3OS2. The number of carbonyl (C=O) groups excluding carboxylic acids is 1. The molecule has 6 heteroatoms. The van der Waals surface area contributed by atoms with Crippen molar-refractivity contribution in [2.45, 2.75) is 24.7 Å². The number of rotatable bonds is 6. The minimum absolute atomic E-state index is 0.121. The number of thiazole rings is 1. The second-order valence-corrected chi connectivity index (χ2v) is 6.35. The molecule has 0 N–H and O–H groups in total. The van der Waals surface area contributed by atoms with Gasteiger partial charge in [-0.1, -0.05) is 17.8 Å². The number of hydrogen-bond acceptors (Lipinski definition) is 5. The summed E-state index contributed by atoms with van der Waals surface area (Å²) in [7, 11) is 0. The van der Waals surface area contributed by atoms with Crippen molar-refractivity contribution in [2.75, 3.05) is 12.3 Å². The molecule has 0 aliphatic rings. The van der Waals surface area contributed by atoms with Gasteiger partial charge in [-0.3, -0.25) is 9.78 Å². The van der Waals surface area contributed by atoms with Gasteiger partial charge in [-0.05, 0) is 26.0 Å². The summed E-state index contributed by atoms with van der Waals surface area (Å²) < 4.78 is 0.949. The predicted octanol–water partition coefficient (Wildman–Crippen LogP) is 2.99. The Labute approximate surface area is 127 Å². The van der Waals surface area contributed by atoms with Crippen LogP contribution in [0.3, 0.4) is 0 Å². The zero-order valence-electron chi connectivity index (χ0n) is 11.6. The first kappa shape index (κ1) is 15.0. The van der Waals surface area contributed by atoms with Crippen LogP contribution in [0.5, 0.6) is 0 Å². The fourth-order valence-corrected chi connectivity index (χ4v) is 3.43. The number of aryl methyl sites for hydroxylation is 1. The van der Waals surface area contributed by atoms with E-state index >= 15 is 0 Å². The summed E-state index contributed by atoms with van der Waals surface area (Å²) >= 11 is 3.08. The van der Waals surface area contributed by atoms with E-state index in [1.807, 2.05) is 42.3 Å². The highest BCUT2D eigenvalue weighted by molar-refractivity contribution is 8.01. The van der Waals surface area contributed by atoms with E-state index in [1.165, 1.54) is 11.8 Å². The van der Waals surface area contributed by atoms with E-state index in [1.54, 1.807) is 17.5 Å². The highest BCUT2D eigenvalue weighted by Gasteiger charge is 2.13. The average molecular weight is 307 g/mol. The molecule has 0 atom stereocenters. The first-order valence-electron chi connectivity index (χ1n) is 6.41. The highest BCUT2D eigenvalue weighted by Crippen LogP contribution is 2.22. The van der Waals surface area contributed by atoms with Gasteiger partial charge in [-0.2, -0.15) is 0 Å². The van der Waals surface area contributed by atoms with Gasteiger partial charge in [0, 0.05) is 23.8 Å². The Bertz CT molecular complexity index is 557. The quantitative estimate of drug-likeness (QED) is 0.770. The summed E-state index contributed by atoms with van der Waals surface area (Å²) in [6.45, 7) is 5.20. The van der Waals surface area contributed by atoms with Crippen LogP contribution in [0, 0.1) is 6.92 Å². The molecule has 0 spiro atoms. The first-order valence-corrected chi connectivity index (χ1v) is 8.28. The third-order valence-electron chi connectivity index (χ3n) is 2.73. The van der Waals surface area contributed by atoms with E-state index in [4.69, 9.17) is 0 Å². The molecule has 0 saturated carbocycles.